The molecule has 0 atom stereocenters. The van der Waals surface area contributed by atoms with Crippen molar-refractivity contribution >= 4 is 5.78 Å². The van der Waals surface area contributed by atoms with Crippen LogP contribution in [0.3, 0.4) is 0 Å². The Hall–Kier alpha value is -2.16. The van der Waals surface area contributed by atoms with Crippen LogP contribution in [0, 0.1) is 6.92 Å². The molecule has 0 spiro atoms. The summed E-state index contributed by atoms with van der Waals surface area (Å²) in [5, 5.41) is 0. The zero-order valence-corrected chi connectivity index (χ0v) is 12.1. The van der Waals surface area contributed by atoms with Crippen LogP contribution < -0.4 is 4.74 Å². The second-order valence-electron chi connectivity index (χ2n) is 4.65. The normalized spacial score (nSPS) is 10.3. The maximum Gasteiger partial charge on any atom is 0.162 e. The molecule has 0 amide bonds. The number of ketones is 1. The number of carbonyl (C=O) groups is 1. The Morgan fingerprint density at radius 3 is 2.40 bits per heavy atom. The minimum absolute atomic E-state index is 0.141. The van der Waals surface area contributed by atoms with Crippen LogP contribution in [-0.2, 0) is 6.42 Å². The van der Waals surface area contributed by atoms with Gasteiger partial charge in [0.15, 0.2) is 5.78 Å². The number of nitrogens with zero attached hydrogens (tertiary/aromatic N) is 1. The molecular weight excluding hydrogens is 250 g/mol. The largest absolute Gasteiger partial charge is 0.455 e. The zero-order chi connectivity index (χ0) is 14.5. The van der Waals surface area contributed by atoms with Gasteiger partial charge in [-0.25, -0.2) is 0 Å². The lowest BCUT2D eigenvalue weighted by atomic mass is 10.1. The third kappa shape index (κ3) is 3.23. The number of ether oxygens (including phenoxy) is 1. The highest BCUT2D eigenvalue weighted by atomic mass is 16.5. The van der Waals surface area contributed by atoms with Gasteiger partial charge >= 0.3 is 0 Å². The van der Waals surface area contributed by atoms with Crippen LogP contribution in [0.25, 0.3) is 0 Å². The topological polar surface area (TPSA) is 39.2 Å². The van der Waals surface area contributed by atoms with Crippen molar-refractivity contribution in [3.05, 3.63) is 53.3 Å². The Kier molecular flexibility index (Phi) is 4.51. The van der Waals surface area contributed by atoms with Gasteiger partial charge in [0.1, 0.15) is 11.5 Å². The van der Waals surface area contributed by atoms with Crippen LogP contribution in [0.2, 0.25) is 0 Å². The molecule has 0 bridgehead atoms. The molecule has 3 heteroatoms. The molecule has 0 N–H and O–H groups in total. The van der Waals surface area contributed by atoms with Crippen LogP contribution >= 0.6 is 0 Å². The quantitative estimate of drug-likeness (QED) is 0.758. The van der Waals surface area contributed by atoms with Gasteiger partial charge in [0.05, 0.1) is 5.69 Å². The molecule has 0 saturated carbocycles. The summed E-state index contributed by atoms with van der Waals surface area (Å²) in [6.45, 7) is 5.88. The van der Waals surface area contributed by atoms with E-state index in [4.69, 9.17) is 4.74 Å². The van der Waals surface area contributed by atoms with Crippen molar-refractivity contribution in [3.8, 4) is 11.5 Å². The monoisotopic (exact) mass is 269 g/mol. The van der Waals surface area contributed by atoms with Gasteiger partial charge in [0.25, 0.3) is 0 Å². The fraction of sp³-hybridized carbons (Fsp3) is 0.294. The Bertz CT molecular complexity index is 603. The van der Waals surface area contributed by atoms with E-state index in [1.54, 1.807) is 12.1 Å². The van der Waals surface area contributed by atoms with Gasteiger partial charge in [0.2, 0.25) is 0 Å². The predicted molar refractivity (Wildman–Crippen MR) is 79.5 cm³/mol. The van der Waals surface area contributed by atoms with E-state index in [1.165, 1.54) is 0 Å². The first-order valence-corrected chi connectivity index (χ1v) is 6.91. The maximum atomic E-state index is 11.6. The summed E-state index contributed by atoms with van der Waals surface area (Å²) in [7, 11) is 0. The van der Waals surface area contributed by atoms with Crippen molar-refractivity contribution in [2.45, 2.75) is 33.6 Å². The Morgan fingerprint density at radius 1 is 1.10 bits per heavy atom. The highest BCUT2D eigenvalue weighted by molar-refractivity contribution is 5.95. The van der Waals surface area contributed by atoms with Crippen molar-refractivity contribution in [2.75, 3.05) is 0 Å². The number of pyridine rings is 1. The van der Waals surface area contributed by atoms with E-state index in [9.17, 15) is 4.79 Å². The van der Waals surface area contributed by atoms with Crippen molar-refractivity contribution < 1.29 is 9.53 Å². The van der Waals surface area contributed by atoms with Crippen LogP contribution in [0.5, 0.6) is 11.5 Å². The minimum atomic E-state index is 0.141. The van der Waals surface area contributed by atoms with E-state index in [0.29, 0.717) is 6.42 Å². The molecular formula is C17H19NO2. The average molecular weight is 269 g/mol. The molecule has 2 aromatic rings. The summed E-state index contributed by atoms with van der Waals surface area (Å²) in [4.78, 5) is 16.0. The van der Waals surface area contributed by atoms with Gasteiger partial charge in [-0.3, -0.25) is 9.78 Å². The van der Waals surface area contributed by atoms with Crippen LogP contribution in [0.1, 0.15) is 42.0 Å². The van der Waals surface area contributed by atoms with E-state index in [0.717, 1.165) is 34.9 Å². The van der Waals surface area contributed by atoms with E-state index in [-0.39, 0.29) is 5.78 Å². The molecule has 104 valence electrons. The van der Waals surface area contributed by atoms with Gasteiger partial charge in [-0.05, 0) is 49.7 Å². The van der Waals surface area contributed by atoms with Crippen molar-refractivity contribution in [1.82, 2.24) is 4.98 Å². The lowest BCUT2D eigenvalue weighted by Crippen LogP contribution is -1.97. The number of Topliss-reactive ketones (excluding diaryl/α,β-unsaturated/α-hetero) is 1. The molecule has 20 heavy (non-hydrogen) atoms. The Labute approximate surface area is 119 Å². The van der Waals surface area contributed by atoms with E-state index in [1.807, 2.05) is 38.1 Å². The van der Waals surface area contributed by atoms with Crippen LogP contribution in [0.15, 0.2) is 36.4 Å². The first-order valence-electron chi connectivity index (χ1n) is 6.91. The third-order valence-corrected chi connectivity index (χ3v) is 3.13. The highest BCUT2D eigenvalue weighted by Gasteiger charge is 2.07. The SMILES string of the molecule is CCC(=O)c1ccc(Oc2ccc(C)nc2CC)cc1. The predicted octanol–water partition coefficient (Wildman–Crippen LogP) is 4.34. The van der Waals surface area contributed by atoms with Crippen molar-refractivity contribution in [3.63, 3.8) is 0 Å². The highest BCUT2D eigenvalue weighted by Crippen LogP contribution is 2.25. The average Bonchev–Trinajstić information content (AvgIpc) is 2.49. The first-order chi connectivity index (χ1) is 9.63. The Balaban J connectivity index is 2.20. The summed E-state index contributed by atoms with van der Waals surface area (Å²) in [5.41, 5.74) is 2.65. The Morgan fingerprint density at radius 2 is 1.80 bits per heavy atom. The second kappa shape index (κ2) is 6.33. The van der Waals surface area contributed by atoms with E-state index < -0.39 is 0 Å². The smallest absolute Gasteiger partial charge is 0.162 e. The summed E-state index contributed by atoms with van der Waals surface area (Å²) < 4.78 is 5.85. The summed E-state index contributed by atoms with van der Waals surface area (Å²) in [6.07, 6.45) is 1.34. The summed E-state index contributed by atoms with van der Waals surface area (Å²) in [5.74, 6) is 1.63. The van der Waals surface area contributed by atoms with Crippen LogP contribution in [-0.4, -0.2) is 10.8 Å². The van der Waals surface area contributed by atoms with Crippen LogP contribution in [0.4, 0.5) is 0 Å². The molecule has 1 heterocycles. The number of aryl methyl sites for hydroxylation is 2. The first kappa shape index (κ1) is 14.3. The molecule has 0 aliphatic heterocycles. The van der Waals surface area contributed by atoms with Gasteiger partial charge < -0.3 is 4.74 Å². The number of benzene rings is 1. The van der Waals surface area contributed by atoms with E-state index >= 15 is 0 Å². The minimum Gasteiger partial charge on any atom is -0.455 e. The summed E-state index contributed by atoms with van der Waals surface area (Å²) >= 11 is 0. The number of carbonyl (C=O) groups excluding carboxylic acids is 1. The lowest BCUT2D eigenvalue weighted by Gasteiger charge is -2.10. The standard InChI is InChI=1S/C17H19NO2/c1-4-15-17(11-6-12(3)18-15)20-14-9-7-13(8-10-14)16(19)5-2/h6-11H,4-5H2,1-3H3. The van der Waals surface area contributed by atoms with Gasteiger partial charge in [-0.15, -0.1) is 0 Å². The summed E-state index contributed by atoms with van der Waals surface area (Å²) in [6, 6.07) is 11.1. The number of hydrogen-bond donors (Lipinski definition) is 0. The van der Waals surface area contributed by atoms with Crippen molar-refractivity contribution in [1.29, 1.82) is 0 Å². The second-order valence-corrected chi connectivity index (χ2v) is 4.65. The lowest BCUT2D eigenvalue weighted by molar-refractivity contribution is 0.0988. The molecule has 3 nitrogen and oxygen atoms in total. The van der Waals surface area contributed by atoms with Crippen molar-refractivity contribution in [2.24, 2.45) is 0 Å². The molecule has 0 saturated heterocycles. The zero-order valence-electron chi connectivity index (χ0n) is 12.1. The van der Waals surface area contributed by atoms with Gasteiger partial charge in [-0.1, -0.05) is 13.8 Å². The van der Waals surface area contributed by atoms with E-state index in [2.05, 4.69) is 11.9 Å². The maximum absolute atomic E-state index is 11.6. The molecule has 1 aromatic heterocycles. The molecule has 0 aliphatic carbocycles. The molecule has 1 aromatic carbocycles. The molecule has 0 unspecified atom stereocenters. The number of rotatable bonds is 5. The van der Waals surface area contributed by atoms with Gasteiger partial charge in [0, 0.05) is 17.7 Å². The van der Waals surface area contributed by atoms with Gasteiger partial charge in [-0.2, -0.15) is 0 Å². The molecule has 0 fully saturated rings. The molecule has 0 aliphatic rings. The fourth-order valence-corrected chi connectivity index (χ4v) is 1.98. The number of aromatic nitrogens is 1. The third-order valence-electron chi connectivity index (χ3n) is 3.13. The molecule has 2 rings (SSSR count). The molecule has 0 radical (unpaired) electrons. The fourth-order valence-electron chi connectivity index (χ4n) is 1.98. The number of hydrogen-bond acceptors (Lipinski definition) is 3.